The van der Waals surface area contributed by atoms with Crippen molar-refractivity contribution in [2.24, 2.45) is 0 Å². The average Bonchev–Trinajstić information content (AvgIpc) is 2.85. The number of nitrogens with zero attached hydrogens (tertiary/aromatic N) is 3. The van der Waals surface area contributed by atoms with Crippen molar-refractivity contribution in [2.45, 2.75) is 25.5 Å². The highest BCUT2D eigenvalue weighted by atomic mass is 32.2. The first-order chi connectivity index (χ1) is 10.6. The Balaban J connectivity index is 1.97. The highest BCUT2D eigenvalue weighted by Gasteiger charge is 2.12. The molecule has 0 saturated heterocycles. The normalized spacial score (nSPS) is 10.3. The van der Waals surface area contributed by atoms with Crippen molar-refractivity contribution in [3.8, 4) is 0 Å². The van der Waals surface area contributed by atoms with Gasteiger partial charge in [-0.15, -0.1) is 10.2 Å². The van der Waals surface area contributed by atoms with Crippen LogP contribution in [-0.2, 0) is 16.1 Å². The lowest BCUT2D eigenvalue weighted by molar-refractivity contribution is -0.126. The number of aryl methyl sites for hydroxylation is 1. The fourth-order valence-corrected chi connectivity index (χ4v) is 2.52. The van der Waals surface area contributed by atoms with Crippen molar-refractivity contribution in [3.63, 3.8) is 0 Å². The molecule has 1 aromatic heterocycles. The van der Waals surface area contributed by atoms with Gasteiger partial charge in [0, 0.05) is 6.92 Å². The summed E-state index contributed by atoms with van der Waals surface area (Å²) in [5, 5.41) is 8.81. The number of aromatic nitrogens is 3. The van der Waals surface area contributed by atoms with E-state index in [0.29, 0.717) is 11.7 Å². The Hall–Kier alpha value is -2.35. The summed E-state index contributed by atoms with van der Waals surface area (Å²) in [6.07, 6.45) is 0. The monoisotopic (exact) mass is 319 g/mol. The molecular weight excluding hydrogens is 302 g/mol. The van der Waals surface area contributed by atoms with Gasteiger partial charge in [-0.3, -0.25) is 20.4 Å². The minimum atomic E-state index is -0.318. The van der Waals surface area contributed by atoms with E-state index in [1.54, 1.807) is 0 Å². The molecule has 0 saturated carbocycles. The number of thioether (sulfide) groups is 1. The number of carbonyl (C=O) groups excluding carboxylic acids is 2. The maximum atomic E-state index is 11.6. The predicted molar refractivity (Wildman–Crippen MR) is 83.0 cm³/mol. The number of hydrogen-bond acceptors (Lipinski definition) is 5. The van der Waals surface area contributed by atoms with Crippen LogP contribution in [0.15, 0.2) is 35.5 Å². The molecule has 116 valence electrons. The Morgan fingerprint density at radius 2 is 1.91 bits per heavy atom. The number of hydrogen-bond donors (Lipinski definition) is 2. The SMILES string of the molecule is CC(=O)NNC(=O)CSc1nnc(C)n1Cc1ccccc1. The summed E-state index contributed by atoms with van der Waals surface area (Å²) in [5.74, 6) is 0.315. The van der Waals surface area contributed by atoms with Gasteiger partial charge in [0.25, 0.3) is 0 Å². The smallest absolute Gasteiger partial charge is 0.248 e. The molecule has 0 spiro atoms. The molecule has 2 aromatic rings. The molecule has 0 unspecified atom stereocenters. The van der Waals surface area contributed by atoms with E-state index in [2.05, 4.69) is 21.0 Å². The molecular formula is C14H17N5O2S. The van der Waals surface area contributed by atoms with Crippen molar-refractivity contribution in [3.05, 3.63) is 41.7 Å². The zero-order valence-corrected chi connectivity index (χ0v) is 13.2. The Morgan fingerprint density at radius 1 is 1.18 bits per heavy atom. The zero-order chi connectivity index (χ0) is 15.9. The minimum absolute atomic E-state index is 0.146. The molecule has 8 heteroatoms. The molecule has 0 aliphatic rings. The molecule has 0 bridgehead atoms. The van der Waals surface area contributed by atoms with Crippen molar-refractivity contribution in [2.75, 3.05) is 5.75 Å². The Kier molecular flexibility index (Phi) is 5.54. The van der Waals surface area contributed by atoms with Crippen LogP contribution in [-0.4, -0.2) is 32.3 Å². The molecule has 1 aromatic carbocycles. The average molecular weight is 319 g/mol. The summed E-state index contributed by atoms with van der Waals surface area (Å²) >= 11 is 1.27. The van der Waals surface area contributed by atoms with E-state index < -0.39 is 0 Å². The molecule has 0 radical (unpaired) electrons. The number of nitrogens with one attached hydrogen (secondary N) is 2. The van der Waals surface area contributed by atoms with Crippen LogP contribution in [0.4, 0.5) is 0 Å². The standard InChI is InChI=1S/C14H17N5O2S/c1-10-15-18-14(22-9-13(21)17-16-11(2)20)19(10)8-12-6-4-3-5-7-12/h3-7H,8-9H2,1-2H3,(H,16,20)(H,17,21). The number of rotatable bonds is 5. The van der Waals surface area contributed by atoms with Crippen LogP contribution in [0.2, 0.25) is 0 Å². The van der Waals surface area contributed by atoms with Crippen molar-refractivity contribution < 1.29 is 9.59 Å². The van der Waals surface area contributed by atoms with Crippen LogP contribution in [0.5, 0.6) is 0 Å². The maximum absolute atomic E-state index is 11.6. The van der Waals surface area contributed by atoms with E-state index in [9.17, 15) is 9.59 Å². The van der Waals surface area contributed by atoms with E-state index in [0.717, 1.165) is 11.4 Å². The number of benzene rings is 1. The van der Waals surface area contributed by atoms with Gasteiger partial charge >= 0.3 is 0 Å². The third-order valence-electron chi connectivity index (χ3n) is 2.80. The van der Waals surface area contributed by atoms with Crippen LogP contribution in [0.25, 0.3) is 0 Å². The van der Waals surface area contributed by atoms with Gasteiger partial charge < -0.3 is 4.57 Å². The zero-order valence-electron chi connectivity index (χ0n) is 12.4. The molecule has 0 atom stereocenters. The van der Waals surface area contributed by atoms with E-state index in [1.807, 2.05) is 41.8 Å². The Morgan fingerprint density at radius 3 is 2.59 bits per heavy atom. The molecule has 1 heterocycles. The van der Waals surface area contributed by atoms with Gasteiger partial charge in [-0.25, -0.2) is 0 Å². The van der Waals surface area contributed by atoms with Gasteiger partial charge in [-0.1, -0.05) is 42.1 Å². The lowest BCUT2D eigenvalue weighted by Gasteiger charge is -2.08. The quantitative estimate of drug-likeness (QED) is 0.631. The Labute approximate surface area is 132 Å². The second-order valence-electron chi connectivity index (χ2n) is 4.62. The summed E-state index contributed by atoms with van der Waals surface area (Å²) in [6.45, 7) is 3.85. The van der Waals surface area contributed by atoms with E-state index in [4.69, 9.17) is 0 Å². The number of amides is 2. The van der Waals surface area contributed by atoms with Crippen molar-refractivity contribution in [1.29, 1.82) is 0 Å². The molecule has 2 rings (SSSR count). The van der Waals surface area contributed by atoms with Gasteiger partial charge in [0.15, 0.2) is 5.16 Å². The summed E-state index contributed by atoms with van der Waals surface area (Å²) in [5.41, 5.74) is 5.69. The summed E-state index contributed by atoms with van der Waals surface area (Å²) in [4.78, 5) is 22.3. The van der Waals surface area contributed by atoms with E-state index in [-0.39, 0.29) is 17.6 Å². The number of carbonyl (C=O) groups is 2. The van der Waals surface area contributed by atoms with E-state index in [1.165, 1.54) is 18.7 Å². The summed E-state index contributed by atoms with van der Waals surface area (Å²) < 4.78 is 1.95. The van der Waals surface area contributed by atoms with Crippen molar-refractivity contribution in [1.82, 2.24) is 25.6 Å². The van der Waals surface area contributed by atoms with Crippen LogP contribution < -0.4 is 10.9 Å². The van der Waals surface area contributed by atoms with Crippen LogP contribution in [0.1, 0.15) is 18.3 Å². The first-order valence-corrected chi connectivity index (χ1v) is 7.67. The molecule has 2 amide bonds. The van der Waals surface area contributed by atoms with Gasteiger partial charge in [0.05, 0.1) is 12.3 Å². The third-order valence-corrected chi connectivity index (χ3v) is 3.76. The van der Waals surface area contributed by atoms with Gasteiger partial charge in [0.2, 0.25) is 11.8 Å². The number of hydrazine groups is 1. The maximum Gasteiger partial charge on any atom is 0.248 e. The lowest BCUT2D eigenvalue weighted by Crippen LogP contribution is -2.41. The van der Waals surface area contributed by atoms with Gasteiger partial charge in [-0.05, 0) is 12.5 Å². The molecule has 7 nitrogen and oxygen atoms in total. The van der Waals surface area contributed by atoms with E-state index >= 15 is 0 Å². The summed E-state index contributed by atoms with van der Waals surface area (Å²) in [6, 6.07) is 9.96. The lowest BCUT2D eigenvalue weighted by atomic mass is 10.2. The first-order valence-electron chi connectivity index (χ1n) is 6.68. The highest BCUT2D eigenvalue weighted by Crippen LogP contribution is 2.18. The molecule has 0 aliphatic heterocycles. The fraction of sp³-hybridized carbons (Fsp3) is 0.286. The van der Waals surface area contributed by atoms with Gasteiger partial charge in [-0.2, -0.15) is 0 Å². The second-order valence-corrected chi connectivity index (χ2v) is 5.56. The summed E-state index contributed by atoms with van der Waals surface area (Å²) in [7, 11) is 0. The Bertz CT molecular complexity index is 657. The predicted octanol–water partition coefficient (Wildman–Crippen LogP) is 0.894. The topological polar surface area (TPSA) is 88.9 Å². The van der Waals surface area contributed by atoms with Crippen LogP contribution in [0.3, 0.4) is 0 Å². The second kappa shape index (κ2) is 7.60. The third kappa shape index (κ3) is 4.59. The minimum Gasteiger partial charge on any atom is -0.302 e. The van der Waals surface area contributed by atoms with Crippen molar-refractivity contribution >= 4 is 23.6 Å². The molecule has 22 heavy (non-hydrogen) atoms. The van der Waals surface area contributed by atoms with Gasteiger partial charge in [0.1, 0.15) is 5.82 Å². The van der Waals surface area contributed by atoms with Crippen LogP contribution in [0, 0.1) is 6.92 Å². The molecule has 0 aliphatic carbocycles. The fourth-order valence-electron chi connectivity index (χ4n) is 1.74. The first kappa shape index (κ1) is 16.0. The largest absolute Gasteiger partial charge is 0.302 e. The molecule has 0 fully saturated rings. The highest BCUT2D eigenvalue weighted by molar-refractivity contribution is 7.99. The van der Waals surface area contributed by atoms with Crippen LogP contribution >= 0.6 is 11.8 Å². The molecule has 2 N–H and O–H groups in total.